The van der Waals surface area contributed by atoms with Gasteiger partial charge in [-0.05, 0) is 51.4 Å². The highest BCUT2D eigenvalue weighted by molar-refractivity contribution is 5.71. The van der Waals surface area contributed by atoms with E-state index in [9.17, 15) is 14.4 Å². The van der Waals surface area contributed by atoms with Gasteiger partial charge in [0, 0.05) is 19.3 Å². The highest BCUT2D eigenvalue weighted by Gasteiger charge is 2.19. The smallest absolute Gasteiger partial charge is 0.306 e. The van der Waals surface area contributed by atoms with Crippen LogP contribution in [0.4, 0.5) is 0 Å². The van der Waals surface area contributed by atoms with Crippen molar-refractivity contribution in [1.82, 2.24) is 0 Å². The average Bonchev–Trinajstić information content (AvgIpc) is 3.39. The molecule has 0 heterocycles. The van der Waals surface area contributed by atoms with Crippen LogP contribution in [0.2, 0.25) is 0 Å². The Kier molecular flexibility index (Phi) is 60.2. The van der Waals surface area contributed by atoms with Crippen LogP contribution in [0.15, 0.2) is 36.5 Å². The monoisotopic (exact) mass is 1020 g/mol. The maximum absolute atomic E-state index is 12.9. The molecule has 0 spiro atoms. The van der Waals surface area contributed by atoms with Crippen LogP contribution in [-0.4, -0.2) is 37.2 Å². The number of esters is 3. The summed E-state index contributed by atoms with van der Waals surface area (Å²) in [6.45, 7) is 6.59. The molecule has 1 atom stereocenters. The van der Waals surface area contributed by atoms with Crippen molar-refractivity contribution in [2.45, 2.75) is 361 Å². The molecule has 0 rings (SSSR count). The van der Waals surface area contributed by atoms with E-state index in [4.69, 9.17) is 14.2 Å². The fourth-order valence-corrected chi connectivity index (χ4v) is 9.81. The highest BCUT2D eigenvalue weighted by atomic mass is 16.6. The molecule has 0 aromatic heterocycles. The Bertz CT molecular complexity index is 1220. The van der Waals surface area contributed by atoms with Crippen molar-refractivity contribution < 1.29 is 28.6 Å². The lowest BCUT2D eigenvalue weighted by atomic mass is 10.0. The lowest BCUT2D eigenvalue weighted by molar-refractivity contribution is -0.167. The van der Waals surface area contributed by atoms with Crippen molar-refractivity contribution in [3.8, 4) is 0 Å². The Morgan fingerprint density at radius 1 is 0.288 bits per heavy atom. The number of unbranched alkanes of at least 4 members (excludes halogenated alkanes) is 43. The Balaban J connectivity index is 4.30. The third-order valence-electron chi connectivity index (χ3n) is 14.7. The van der Waals surface area contributed by atoms with E-state index < -0.39 is 6.10 Å². The summed E-state index contributed by atoms with van der Waals surface area (Å²) in [7, 11) is 0. The minimum Gasteiger partial charge on any atom is -0.462 e. The maximum atomic E-state index is 12.9. The first kappa shape index (κ1) is 70.6. The molecule has 0 unspecified atom stereocenters. The Labute approximate surface area is 455 Å². The topological polar surface area (TPSA) is 78.9 Å². The van der Waals surface area contributed by atoms with Gasteiger partial charge in [-0.15, -0.1) is 0 Å². The molecule has 0 saturated heterocycles. The van der Waals surface area contributed by atoms with Gasteiger partial charge in [-0.3, -0.25) is 14.4 Å². The Hall–Kier alpha value is -2.37. The normalized spacial score (nSPS) is 12.2. The second-order valence-electron chi connectivity index (χ2n) is 22.0. The number of allylic oxidation sites excluding steroid dienone is 6. The quantitative estimate of drug-likeness (QED) is 0.0261. The summed E-state index contributed by atoms with van der Waals surface area (Å²) in [5.41, 5.74) is 0. The van der Waals surface area contributed by atoms with Crippen molar-refractivity contribution in [3.63, 3.8) is 0 Å². The molecule has 0 radical (unpaired) electrons. The van der Waals surface area contributed by atoms with Gasteiger partial charge in [-0.25, -0.2) is 0 Å². The summed E-state index contributed by atoms with van der Waals surface area (Å²) in [6.07, 6.45) is 75.8. The molecular weight excluding hydrogens is 901 g/mol. The molecule has 0 bridgehead atoms. The standard InChI is InChI=1S/C67H124O6/c1-4-7-10-13-16-19-22-25-28-30-32-33-35-36-39-42-45-48-51-54-57-60-66(69)72-63-64(62-71-65(68)59-56-53-50-47-44-41-38-27-24-21-18-15-12-9-6-3)73-67(70)61-58-55-52-49-46-43-40-37-34-31-29-26-23-20-17-14-11-8-5-2/h9,12,18,21,27,38,64H,4-8,10-11,13-17,19-20,22-26,28-37,39-63H2,1-3H3/b12-9-,21-18-,38-27-/t64-/m1/s1. The van der Waals surface area contributed by atoms with Crippen molar-refractivity contribution in [2.24, 2.45) is 0 Å². The molecule has 73 heavy (non-hydrogen) atoms. The summed E-state index contributed by atoms with van der Waals surface area (Å²) in [5, 5.41) is 0. The second kappa shape index (κ2) is 62.2. The molecule has 0 aliphatic rings. The highest BCUT2D eigenvalue weighted by Crippen LogP contribution is 2.18. The fourth-order valence-electron chi connectivity index (χ4n) is 9.81. The molecule has 0 fully saturated rings. The van der Waals surface area contributed by atoms with Gasteiger partial charge in [0.05, 0.1) is 0 Å². The van der Waals surface area contributed by atoms with E-state index >= 15 is 0 Å². The molecule has 0 aromatic carbocycles. The van der Waals surface area contributed by atoms with Gasteiger partial charge < -0.3 is 14.2 Å². The van der Waals surface area contributed by atoms with Crippen LogP contribution >= 0.6 is 0 Å². The second-order valence-corrected chi connectivity index (χ2v) is 22.0. The zero-order chi connectivity index (χ0) is 52.9. The van der Waals surface area contributed by atoms with Crippen LogP contribution in [0.5, 0.6) is 0 Å². The number of ether oxygens (including phenoxy) is 3. The molecule has 0 aromatic rings. The van der Waals surface area contributed by atoms with Crippen LogP contribution in [0, 0.1) is 0 Å². The molecule has 0 N–H and O–H groups in total. The van der Waals surface area contributed by atoms with Gasteiger partial charge in [0.2, 0.25) is 0 Å². The molecule has 0 amide bonds. The van der Waals surface area contributed by atoms with Crippen LogP contribution in [0.25, 0.3) is 0 Å². The number of carbonyl (C=O) groups is 3. The molecular formula is C67H124O6. The van der Waals surface area contributed by atoms with Crippen molar-refractivity contribution in [1.29, 1.82) is 0 Å². The zero-order valence-electron chi connectivity index (χ0n) is 49.2. The summed E-state index contributed by atoms with van der Waals surface area (Å²) in [5.74, 6) is -0.863. The first-order chi connectivity index (χ1) is 36.0. The lowest BCUT2D eigenvalue weighted by Gasteiger charge is -2.18. The van der Waals surface area contributed by atoms with Crippen molar-refractivity contribution >= 4 is 17.9 Å². The average molecular weight is 1030 g/mol. The fraction of sp³-hybridized carbons (Fsp3) is 0.866. The van der Waals surface area contributed by atoms with Gasteiger partial charge in [0.25, 0.3) is 0 Å². The van der Waals surface area contributed by atoms with E-state index in [1.807, 2.05) is 0 Å². The number of carbonyl (C=O) groups excluding carboxylic acids is 3. The predicted octanol–water partition coefficient (Wildman–Crippen LogP) is 22.0. The molecule has 0 aliphatic carbocycles. The van der Waals surface area contributed by atoms with Gasteiger partial charge in [0.15, 0.2) is 6.10 Å². The summed E-state index contributed by atoms with van der Waals surface area (Å²) in [4.78, 5) is 38.3. The first-order valence-electron chi connectivity index (χ1n) is 32.5. The van der Waals surface area contributed by atoms with Gasteiger partial charge in [-0.1, -0.05) is 320 Å². The van der Waals surface area contributed by atoms with Gasteiger partial charge in [-0.2, -0.15) is 0 Å². The summed E-state index contributed by atoms with van der Waals surface area (Å²) < 4.78 is 16.9. The predicted molar refractivity (Wildman–Crippen MR) is 316 cm³/mol. The third-order valence-corrected chi connectivity index (χ3v) is 14.7. The van der Waals surface area contributed by atoms with E-state index in [-0.39, 0.29) is 31.1 Å². The van der Waals surface area contributed by atoms with Crippen LogP contribution < -0.4 is 0 Å². The largest absolute Gasteiger partial charge is 0.462 e. The van der Waals surface area contributed by atoms with Crippen molar-refractivity contribution in [3.05, 3.63) is 36.5 Å². The molecule has 0 aliphatic heterocycles. The van der Waals surface area contributed by atoms with E-state index in [2.05, 4.69) is 57.2 Å². The SMILES string of the molecule is CC/C=C\C/C=C\C/C=C\CCCCCCCC(=O)OC[C@H](COC(=O)CCCCCCCCCCCCCCCCCCCCCCC)OC(=O)CCCCCCCCCCCCCCCCCCCCC. The van der Waals surface area contributed by atoms with E-state index in [1.165, 1.54) is 218 Å². The molecule has 6 nitrogen and oxygen atoms in total. The molecule has 6 heteroatoms. The maximum Gasteiger partial charge on any atom is 0.306 e. The Morgan fingerprint density at radius 3 is 0.836 bits per heavy atom. The minimum atomic E-state index is -0.776. The van der Waals surface area contributed by atoms with E-state index in [1.54, 1.807) is 0 Å². The van der Waals surface area contributed by atoms with Gasteiger partial charge >= 0.3 is 17.9 Å². The lowest BCUT2D eigenvalue weighted by Crippen LogP contribution is -2.30. The zero-order valence-corrected chi connectivity index (χ0v) is 49.2. The molecule has 0 saturated carbocycles. The van der Waals surface area contributed by atoms with E-state index in [0.29, 0.717) is 19.3 Å². The molecule has 428 valence electrons. The van der Waals surface area contributed by atoms with Crippen LogP contribution in [-0.2, 0) is 28.6 Å². The summed E-state index contributed by atoms with van der Waals surface area (Å²) >= 11 is 0. The van der Waals surface area contributed by atoms with Crippen LogP contribution in [0.3, 0.4) is 0 Å². The van der Waals surface area contributed by atoms with E-state index in [0.717, 1.165) is 96.3 Å². The third kappa shape index (κ3) is 60.4. The summed E-state index contributed by atoms with van der Waals surface area (Å²) in [6, 6.07) is 0. The first-order valence-corrected chi connectivity index (χ1v) is 32.5. The van der Waals surface area contributed by atoms with Crippen LogP contribution in [0.1, 0.15) is 355 Å². The number of rotatable bonds is 60. The van der Waals surface area contributed by atoms with Crippen molar-refractivity contribution in [2.75, 3.05) is 13.2 Å². The number of hydrogen-bond donors (Lipinski definition) is 0. The Morgan fingerprint density at radius 2 is 0.534 bits per heavy atom. The minimum absolute atomic E-state index is 0.0721. The number of hydrogen-bond acceptors (Lipinski definition) is 6. The van der Waals surface area contributed by atoms with Gasteiger partial charge in [0.1, 0.15) is 13.2 Å².